The Kier molecular flexibility index (Phi) is 2.54. The van der Waals surface area contributed by atoms with E-state index in [9.17, 15) is 4.91 Å². The van der Waals surface area contributed by atoms with Crippen molar-refractivity contribution < 1.29 is 4.76 Å². The quantitative estimate of drug-likeness (QED) is 0.621. The molecule has 1 rings (SSSR count). The molecular formula is C8H10NOS+. The van der Waals surface area contributed by atoms with Gasteiger partial charge in [0.25, 0.3) is 0 Å². The molecule has 0 aliphatic rings. The van der Waals surface area contributed by atoms with Gasteiger partial charge in [-0.2, -0.15) is 0 Å². The second-order valence-electron chi connectivity index (χ2n) is 2.31. The third-order valence-corrected chi connectivity index (χ3v) is 2.18. The highest BCUT2D eigenvalue weighted by Gasteiger charge is 1.93. The second-order valence-corrected chi connectivity index (χ2v) is 3.63. The fraction of sp³-hybridized carbons (Fsp3) is 0.250. The van der Waals surface area contributed by atoms with Gasteiger partial charge in [-0.05, 0) is 19.1 Å². The van der Waals surface area contributed by atoms with Gasteiger partial charge in [0, 0.05) is 25.5 Å². The van der Waals surface area contributed by atoms with Crippen LogP contribution in [0.25, 0.3) is 6.08 Å². The number of thiophene rings is 1. The van der Waals surface area contributed by atoms with Gasteiger partial charge in [-0.25, -0.2) is 0 Å². The van der Waals surface area contributed by atoms with Gasteiger partial charge in [-0.3, -0.25) is 0 Å². The van der Waals surface area contributed by atoms with Gasteiger partial charge in [-0.15, -0.1) is 11.3 Å². The molecule has 0 aromatic carbocycles. The maximum atomic E-state index is 10.5. The van der Waals surface area contributed by atoms with Gasteiger partial charge in [-0.1, -0.05) is 0 Å². The van der Waals surface area contributed by atoms with Crippen LogP contribution < -0.4 is 0 Å². The van der Waals surface area contributed by atoms with E-state index >= 15 is 0 Å². The third-order valence-electron chi connectivity index (χ3n) is 1.21. The molecule has 0 unspecified atom stereocenters. The minimum absolute atomic E-state index is 0.787. The van der Waals surface area contributed by atoms with Gasteiger partial charge in [0.15, 0.2) is 7.05 Å². The van der Waals surface area contributed by atoms with E-state index < -0.39 is 0 Å². The minimum Gasteiger partial charge on any atom is -0.141 e. The van der Waals surface area contributed by atoms with Crippen molar-refractivity contribution in [1.82, 2.24) is 0 Å². The number of nitrogens with zero attached hydrogens (tertiary/aromatic N) is 1. The summed E-state index contributed by atoms with van der Waals surface area (Å²) in [5, 5.41) is 0. The fourth-order valence-electron chi connectivity index (χ4n) is 0.721. The first-order chi connectivity index (χ1) is 5.18. The maximum absolute atomic E-state index is 10.5. The lowest BCUT2D eigenvalue weighted by molar-refractivity contribution is -0.443. The standard InChI is InChI=1S/C8H10NOS/c1-7-3-4-8(11-7)5-6-9(2)10/h3-6H,1-2H3/q+1/b6-5+. The molecule has 0 saturated carbocycles. The number of aryl methyl sites for hydroxylation is 1. The Morgan fingerprint density at radius 1 is 1.55 bits per heavy atom. The van der Waals surface area contributed by atoms with Crippen molar-refractivity contribution in [3.8, 4) is 0 Å². The summed E-state index contributed by atoms with van der Waals surface area (Å²) in [6.07, 6.45) is 3.32. The van der Waals surface area contributed by atoms with E-state index in [1.807, 2.05) is 25.1 Å². The summed E-state index contributed by atoms with van der Waals surface area (Å²) in [6, 6.07) is 4.04. The molecule has 0 amide bonds. The third kappa shape index (κ3) is 2.63. The Labute approximate surface area is 69.7 Å². The van der Waals surface area contributed by atoms with Crippen LogP contribution in [0, 0.1) is 11.8 Å². The highest BCUT2D eigenvalue weighted by atomic mass is 32.1. The van der Waals surface area contributed by atoms with Crippen LogP contribution in [-0.4, -0.2) is 11.8 Å². The largest absolute Gasteiger partial charge is 0.221 e. The van der Waals surface area contributed by atoms with Gasteiger partial charge in [0.1, 0.15) is 0 Å². The summed E-state index contributed by atoms with van der Waals surface area (Å²) in [4.78, 5) is 12.8. The fourth-order valence-corrected chi connectivity index (χ4v) is 1.49. The Balaban J connectivity index is 2.71. The summed E-state index contributed by atoms with van der Waals surface area (Å²) in [5.74, 6) is 0. The van der Waals surface area contributed by atoms with E-state index in [0.29, 0.717) is 0 Å². The molecule has 0 aliphatic heterocycles. The SMILES string of the molecule is Cc1ccc(/C=C/[N+](C)=O)s1. The number of hydrogen-bond donors (Lipinski definition) is 0. The molecule has 11 heavy (non-hydrogen) atoms. The lowest BCUT2D eigenvalue weighted by atomic mass is 10.4. The monoisotopic (exact) mass is 168 g/mol. The second kappa shape index (κ2) is 3.44. The molecule has 0 saturated heterocycles. The van der Waals surface area contributed by atoms with Crippen LogP contribution in [0.2, 0.25) is 0 Å². The zero-order valence-corrected chi connectivity index (χ0v) is 7.39. The molecule has 0 aliphatic carbocycles. The van der Waals surface area contributed by atoms with Crippen LogP contribution in [0.4, 0.5) is 0 Å². The van der Waals surface area contributed by atoms with Crippen LogP contribution in [0.15, 0.2) is 18.3 Å². The summed E-state index contributed by atoms with van der Waals surface area (Å²) in [6.45, 7) is 2.04. The van der Waals surface area contributed by atoms with Crippen LogP contribution in [0.3, 0.4) is 0 Å². The molecule has 3 heteroatoms. The van der Waals surface area contributed by atoms with Gasteiger partial charge >= 0.3 is 0 Å². The van der Waals surface area contributed by atoms with E-state index in [2.05, 4.69) is 0 Å². The number of hydrogen-bond acceptors (Lipinski definition) is 2. The molecule has 1 aromatic heterocycles. The van der Waals surface area contributed by atoms with E-state index in [1.54, 1.807) is 11.3 Å². The summed E-state index contributed by atoms with van der Waals surface area (Å²) in [5.41, 5.74) is 0. The van der Waals surface area contributed by atoms with Crippen molar-refractivity contribution in [1.29, 1.82) is 0 Å². The molecule has 1 aromatic rings. The first-order valence-electron chi connectivity index (χ1n) is 3.33. The molecule has 0 N–H and O–H groups in total. The summed E-state index contributed by atoms with van der Waals surface area (Å²) < 4.78 is 0.787. The van der Waals surface area contributed by atoms with E-state index in [-0.39, 0.29) is 0 Å². The highest BCUT2D eigenvalue weighted by Crippen LogP contribution is 2.15. The smallest absolute Gasteiger partial charge is 0.141 e. The number of rotatable bonds is 2. The molecule has 2 nitrogen and oxygen atoms in total. The average molecular weight is 168 g/mol. The van der Waals surface area contributed by atoms with E-state index in [0.717, 1.165) is 9.64 Å². The van der Waals surface area contributed by atoms with E-state index in [4.69, 9.17) is 0 Å². The molecule has 0 fully saturated rings. The normalized spacial score (nSPS) is 10.7. The van der Waals surface area contributed by atoms with Crippen molar-refractivity contribution in [2.24, 2.45) is 0 Å². The summed E-state index contributed by atoms with van der Waals surface area (Å²) >= 11 is 1.68. The highest BCUT2D eigenvalue weighted by molar-refractivity contribution is 7.12. The van der Waals surface area contributed by atoms with Gasteiger partial charge < -0.3 is 0 Å². The Morgan fingerprint density at radius 2 is 2.27 bits per heavy atom. The van der Waals surface area contributed by atoms with Crippen LogP contribution in [-0.2, 0) is 0 Å². The van der Waals surface area contributed by atoms with Crippen LogP contribution in [0.1, 0.15) is 9.75 Å². The lowest BCUT2D eigenvalue weighted by Crippen LogP contribution is -1.84. The van der Waals surface area contributed by atoms with Crippen molar-refractivity contribution in [2.45, 2.75) is 6.92 Å². The molecular weight excluding hydrogens is 158 g/mol. The Morgan fingerprint density at radius 3 is 2.73 bits per heavy atom. The molecule has 0 bridgehead atoms. The lowest BCUT2D eigenvalue weighted by Gasteiger charge is -1.76. The molecule has 0 spiro atoms. The van der Waals surface area contributed by atoms with Gasteiger partial charge in [0.05, 0.1) is 0 Å². The van der Waals surface area contributed by atoms with Crippen LogP contribution in [0.5, 0.6) is 0 Å². The number of nitroso groups, excluding NO2 is 1. The molecule has 0 atom stereocenters. The Bertz CT molecular complexity index is 288. The summed E-state index contributed by atoms with van der Waals surface area (Å²) in [7, 11) is 1.47. The average Bonchev–Trinajstić information content (AvgIpc) is 2.31. The van der Waals surface area contributed by atoms with Crippen molar-refractivity contribution >= 4 is 17.4 Å². The topological polar surface area (TPSA) is 20.1 Å². The van der Waals surface area contributed by atoms with Crippen molar-refractivity contribution in [3.63, 3.8) is 0 Å². The zero-order chi connectivity index (χ0) is 8.27. The van der Waals surface area contributed by atoms with E-state index in [1.165, 1.54) is 18.1 Å². The molecule has 0 radical (unpaired) electrons. The first-order valence-corrected chi connectivity index (χ1v) is 4.15. The van der Waals surface area contributed by atoms with Crippen molar-refractivity contribution in [3.05, 3.63) is 33.0 Å². The van der Waals surface area contributed by atoms with Crippen LogP contribution >= 0.6 is 11.3 Å². The minimum atomic E-state index is 0.787. The Hall–Kier alpha value is -0.960. The molecule has 58 valence electrons. The van der Waals surface area contributed by atoms with Gasteiger partial charge in [0.2, 0.25) is 6.20 Å². The van der Waals surface area contributed by atoms with Crippen molar-refractivity contribution in [2.75, 3.05) is 7.05 Å². The maximum Gasteiger partial charge on any atom is 0.221 e. The molecule has 1 heterocycles. The zero-order valence-electron chi connectivity index (χ0n) is 6.57. The first kappa shape index (κ1) is 8.14. The predicted molar refractivity (Wildman–Crippen MR) is 47.6 cm³/mol. The predicted octanol–water partition coefficient (Wildman–Crippen LogP) is 2.44.